The molecule has 3 aromatic carbocycles. The Morgan fingerprint density at radius 3 is 2.47 bits per heavy atom. The molecule has 0 saturated heterocycles. The lowest BCUT2D eigenvalue weighted by Gasteiger charge is -2.21. The number of rotatable bonds is 7. The number of anilines is 2. The summed E-state index contributed by atoms with van der Waals surface area (Å²) in [4.78, 5) is 25.3. The Bertz CT molecular complexity index is 1350. The summed E-state index contributed by atoms with van der Waals surface area (Å²) in [7, 11) is 1.33. The van der Waals surface area contributed by atoms with Crippen LogP contribution in [0.5, 0.6) is 11.5 Å². The number of amides is 1. The molecular weight excluding hydrogens is 458 g/mol. The molecule has 2 aliphatic heterocycles. The fraction of sp³-hybridized carbons (Fsp3) is 0.214. The molecular formula is C28H27N3O5. The van der Waals surface area contributed by atoms with Gasteiger partial charge in [-0.3, -0.25) is 4.79 Å². The monoisotopic (exact) mass is 485 g/mol. The maximum atomic E-state index is 13.3. The average Bonchev–Trinajstić information content (AvgIpc) is 3.25. The Morgan fingerprint density at radius 2 is 1.72 bits per heavy atom. The van der Waals surface area contributed by atoms with Crippen LogP contribution in [0.15, 0.2) is 60.7 Å². The van der Waals surface area contributed by atoms with Crippen molar-refractivity contribution in [3.63, 3.8) is 0 Å². The van der Waals surface area contributed by atoms with Crippen molar-refractivity contribution in [2.75, 3.05) is 37.5 Å². The van der Waals surface area contributed by atoms with Crippen LogP contribution < -0.4 is 25.4 Å². The van der Waals surface area contributed by atoms with E-state index in [0.717, 1.165) is 29.9 Å². The third kappa shape index (κ3) is 4.63. The summed E-state index contributed by atoms with van der Waals surface area (Å²) >= 11 is 0. The zero-order valence-electron chi connectivity index (χ0n) is 20.1. The first kappa shape index (κ1) is 23.4. The van der Waals surface area contributed by atoms with Crippen molar-refractivity contribution in [1.29, 1.82) is 0 Å². The largest absolute Gasteiger partial charge is 0.486 e. The number of esters is 1. The molecule has 0 fully saturated rings. The van der Waals surface area contributed by atoms with E-state index in [4.69, 9.17) is 14.2 Å². The van der Waals surface area contributed by atoms with Gasteiger partial charge in [0.2, 0.25) is 0 Å². The van der Waals surface area contributed by atoms with E-state index in [9.17, 15) is 9.59 Å². The molecule has 8 heteroatoms. The summed E-state index contributed by atoms with van der Waals surface area (Å²) in [5.41, 5.74) is 5.46. The topological polar surface area (TPSA) is 97.9 Å². The molecule has 0 radical (unpaired) electrons. The number of ether oxygens (including phenoxy) is 3. The highest BCUT2D eigenvalue weighted by atomic mass is 16.6. The molecule has 0 atom stereocenters. The molecule has 3 aromatic rings. The van der Waals surface area contributed by atoms with E-state index in [1.165, 1.54) is 7.11 Å². The van der Waals surface area contributed by atoms with Gasteiger partial charge in [0, 0.05) is 23.4 Å². The highest BCUT2D eigenvalue weighted by Gasteiger charge is 2.30. The highest BCUT2D eigenvalue weighted by Crippen LogP contribution is 2.40. The van der Waals surface area contributed by atoms with Crippen LogP contribution in [0.2, 0.25) is 0 Å². The van der Waals surface area contributed by atoms with E-state index in [-0.39, 0.29) is 5.91 Å². The van der Waals surface area contributed by atoms with Crippen LogP contribution in [-0.4, -0.2) is 38.7 Å². The van der Waals surface area contributed by atoms with Crippen LogP contribution >= 0.6 is 0 Å². The number of hydrogen-bond donors (Lipinski definition) is 3. The van der Waals surface area contributed by atoms with E-state index < -0.39 is 5.97 Å². The van der Waals surface area contributed by atoms with Gasteiger partial charge in [-0.1, -0.05) is 25.1 Å². The number of methoxy groups -OCH3 is 1. The van der Waals surface area contributed by atoms with Crippen LogP contribution in [0.1, 0.15) is 34.0 Å². The van der Waals surface area contributed by atoms with Crippen molar-refractivity contribution in [3.8, 4) is 11.5 Å². The summed E-state index contributed by atoms with van der Waals surface area (Å²) in [6.45, 7) is 4.71. The van der Waals surface area contributed by atoms with Gasteiger partial charge >= 0.3 is 5.97 Å². The summed E-state index contributed by atoms with van der Waals surface area (Å²) in [6, 6.07) is 18.7. The molecule has 184 valence electrons. The second-order valence-corrected chi connectivity index (χ2v) is 8.42. The first-order valence-corrected chi connectivity index (χ1v) is 11.8. The Kier molecular flexibility index (Phi) is 6.60. The van der Waals surface area contributed by atoms with Gasteiger partial charge in [0.15, 0.2) is 11.5 Å². The van der Waals surface area contributed by atoms with Gasteiger partial charge < -0.3 is 30.2 Å². The molecule has 1 amide bonds. The Labute approximate surface area is 209 Å². The van der Waals surface area contributed by atoms with Crippen LogP contribution in [0.25, 0.3) is 11.3 Å². The lowest BCUT2D eigenvalue weighted by atomic mass is 9.98. The van der Waals surface area contributed by atoms with Crippen LogP contribution in [0, 0.1) is 0 Å². The van der Waals surface area contributed by atoms with Crippen molar-refractivity contribution in [2.45, 2.75) is 13.5 Å². The Hall–Kier alpha value is -4.30. The van der Waals surface area contributed by atoms with E-state index in [0.29, 0.717) is 52.8 Å². The zero-order chi connectivity index (χ0) is 25.1. The maximum absolute atomic E-state index is 13.3. The van der Waals surface area contributed by atoms with Gasteiger partial charge in [0.25, 0.3) is 5.91 Å². The quantitative estimate of drug-likeness (QED) is 0.339. The van der Waals surface area contributed by atoms with Crippen molar-refractivity contribution in [1.82, 2.24) is 5.32 Å². The highest BCUT2D eigenvalue weighted by molar-refractivity contribution is 6.37. The van der Waals surface area contributed by atoms with Gasteiger partial charge in [-0.15, -0.1) is 0 Å². The van der Waals surface area contributed by atoms with Gasteiger partial charge in [-0.05, 0) is 54.6 Å². The number of benzene rings is 3. The number of carbonyl (C=O) groups is 2. The molecule has 8 nitrogen and oxygen atoms in total. The van der Waals surface area contributed by atoms with Gasteiger partial charge in [-0.25, -0.2) is 4.79 Å². The van der Waals surface area contributed by atoms with E-state index in [1.54, 1.807) is 18.2 Å². The molecule has 2 aliphatic rings. The number of hydrogen-bond acceptors (Lipinski definition) is 7. The van der Waals surface area contributed by atoms with E-state index >= 15 is 0 Å². The molecule has 0 aromatic heterocycles. The summed E-state index contributed by atoms with van der Waals surface area (Å²) in [5.74, 6) is 0.556. The summed E-state index contributed by atoms with van der Waals surface area (Å²) < 4.78 is 16.3. The Morgan fingerprint density at radius 1 is 0.972 bits per heavy atom. The zero-order valence-corrected chi connectivity index (χ0v) is 20.1. The lowest BCUT2D eigenvalue weighted by molar-refractivity contribution is -0.110. The standard InChI is InChI=1S/C28H27N3O5/c1-3-29-16-17-4-8-20(9-5-17)30-26(18-7-11-23-24(15-18)36-13-12-35-23)25-21-10-6-19(28(33)34-2)14-22(21)31-27(25)32/h4-11,14-15,29-30H,3,12-13,16H2,1-2H3,(H,31,32)/b26-25-. The molecule has 5 rings (SSSR count). The van der Waals surface area contributed by atoms with Crippen LogP contribution in [-0.2, 0) is 16.1 Å². The van der Waals surface area contributed by atoms with E-state index in [1.807, 2.05) is 42.5 Å². The van der Waals surface area contributed by atoms with Gasteiger partial charge in [-0.2, -0.15) is 0 Å². The predicted octanol–water partition coefficient (Wildman–Crippen LogP) is 4.29. The van der Waals surface area contributed by atoms with Crippen LogP contribution in [0.3, 0.4) is 0 Å². The predicted molar refractivity (Wildman–Crippen MR) is 138 cm³/mol. The minimum absolute atomic E-state index is 0.270. The molecule has 36 heavy (non-hydrogen) atoms. The van der Waals surface area contributed by atoms with Crippen molar-refractivity contribution in [3.05, 3.63) is 82.9 Å². The van der Waals surface area contributed by atoms with Crippen molar-refractivity contribution >= 4 is 34.5 Å². The molecule has 3 N–H and O–H groups in total. The third-order valence-corrected chi connectivity index (χ3v) is 6.07. The third-order valence-electron chi connectivity index (χ3n) is 6.07. The van der Waals surface area contributed by atoms with E-state index in [2.05, 4.69) is 22.9 Å². The average molecular weight is 486 g/mol. The minimum atomic E-state index is -0.465. The SMILES string of the molecule is CCNCc1ccc(N/C(=C2\C(=O)Nc3cc(C(=O)OC)ccc32)c2ccc3c(c2)OCCO3)cc1. The molecule has 0 saturated carbocycles. The first-order chi connectivity index (χ1) is 17.6. The molecule has 0 aliphatic carbocycles. The van der Waals surface area contributed by atoms with Crippen molar-refractivity contribution < 1.29 is 23.8 Å². The second kappa shape index (κ2) is 10.1. The first-order valence-electron chi connectivity index (χ1n) is 11.8. The fourth-order valence-electron chi connectivity index (χ4n) is 4.26. The summed E-state index contributed by atoms with van der Waals surface area (Å²) in [6.07, 6.45) is 0. The smallest absolute Gasteiger partial charge is 0.337 e. The molecule has 2 heterocycles. The molecule has 0 bridgehead atoms. The fourth-order valence-corrected chi connectivity index (χ4v) is 4.26. The second-order valence-electron chi connectivity index (χ2n) is 8.42. The van der Waals surface area contributed by atoms with Crippen LogP contribution in [0.4, 0.5) is 11.4 Å². The number of carbonyl (C=O) groups excluding carboxylic acids is 2. The summed E-state index contributed by atoms with van der Waals surface area (Å²) in [5, 5.41) is 9.66. The molecule has 0 spiro atoms. The number of nitrogens with one attached hydrogen (secondary N) is 3. The normalized spacial score (nSPS) is 15.1. The van der Waals surface area contributed by atoms with Gasteiger partial charge in [0.1, 0.15) is 13.2 Å². The number of fused-ring (bicyclic) bond motifs is 2. The minimum Gasteiger partial charge on any atom is -0.486 e. The molecule has 0 unspecified atom stereocenters. The van der Waals surface area contributed by atoms with Gasteiger partial charge in [0.05, 0.1) is 29.6 Å². The lowest BCUT2D eigenvalue weighted by Crippen LogP contribution is -2.16. The van der Waals surface area contributed by atoms with Crippen molar-refractivity contribution in [2.24, 2.45) is 0 Å². The Balaban J connectivity index is 1.59. The maximum Gasteiger partial charge on any atom is 0.337 e.